The molecule has 2 heterocycles. The van der Waals surface area contributed by atoms with Gasteiger partial charge >= 0.3 is 0 Å². The summed E-state index contributed by atoms with van der Waals surface area (Å²) < 4.78 is 0. The summed E-state index contributed by atoms with van der Waals surface area (Å²) in [6.07, 6.45) is 5.43. The summed E-state index contributed by atoms with van der Waals surface area (Å²) in [6.45, 7) is 0. The molecular weight excluding hydrogens is 272 g/mol. The molecule has 0 bridgehead atoms. The molecule has 4 aromatic rings. The van der Waals surface area contributed by atoms with Gasteiger partial charge in [-0.3, -0.25) is 0 Å². The lowest BCUT2D eigenvalue weighted by molar-refractivity contribution is 1.26. The molecule has 0 aliphatic carbocycles. The summed E-state index contributed by atoms with van der Waals surface area (Å²) in [5, 5.41) is 10.6. The van der Waals surface area contributed by atoms with Gasteiger partial charge in [-0.05, 0) is 18.2 Å². The van der Waals surface area contributed by atoms with Crippen molar-refractivity contribution in [1.82, 2.24) is 9.97 Å². The number of benzene rings is 2. The second kappa shape index (κ2) is 5.33. The topological polar surface area (TPSA) is 56.3 Å². The fourth-order valence-electron chi connectivity index (χ4n) is 2.56. The maximum atomic E-state index is 4.13. The van der Waals surface area contributed by atoms with Crippen molar-refractivity contribution in [2.24, 2.45) is 10.2 Å². The first-order chi connectivity index (χ1) is 10.9. The van der Waals surface area contributed by atoms with Crippen LogP contribution >= 0.6 is 0 Å². The fourth-order valence-corrected chi connectivity index (χ4v) is 2.56. The highest BCUT2D eigenvalue weighted by molar-refractivity contribution is 5.99. The molecule has 22 heavy (non-hydrogen) atoms. The summed E-state index contributed by atoms with van der Waals surface area (Å²) in [7, 11) is 0. The van der Waals surface area contributed by atoms with E-state index in [0.29, 0.717) is 0 Å². The van der Waals surface area contributed by atoms with Gasteiger partial charge in [-0.15, -0.1) is 0 Å². The molecule has 0 saturated carbocycles. The molecule has 2 aromatic heterocycles. The maximum absolute atomic E-state index is 4.13. The molecule has 4 heteroatoms. The quantitative estimate of drug-likeness (QED) is 0.421. The number of H-pyrrole nitrogens is 2. The van der Waals surface area contributed by atoms with Crippen molar-refractivity contribution >= 4 is 34.2 Å². The van der Waals surface area contributed by atoms with Crippen LogP contribution in [-0.4, -0.2) is 22.4 Å². The maximum Gasteiger partial charge on any atom is 0.0731 e. The molecule has 0 atom stereocenters. The van der Waals surface area contributed by atoms with Crippen molar-refractivity contribution in [3.63, 3.8) is 0 Å². The van der Waals surface area contributed by atoms with Crippen LogP contribution in [-0.2, 0) is 0 Å². The number of nitrogens with zero attached hydrogens (tertiary/aromatic N) is 2. The van der Waals surface area contributed by atoms with Crippen LogP contribution in [0.3, 0.4) is 0 Å². The standard InChI is InChI=1S/C18H14N4/c1-3-7-17-13(5-1)9-15(22-17)12-21-20-11-14-10-19-18-8-4-2-6-16(14)18/h1-12,19,22H/b20-11-,21-12+. The predicted molar refractivity (Wildman–Crippen MR) is 91.8 cm³/mol. The minimum absolute atomic E-state index is 0.942. The fraction of sp³-hybridized carbons (Fsp3) is 0. The summed E-state index contributed by atoms with van der Waals surface area (Å²) in [5.41, 5.74) is 4.18. The third kappa shape index (κ3) is 2.31. The van der Waals surface area contributed by atoms with E-state index in [4.69, 9.17) is 0 Å². The molecule has 0 unspecified atom stereocenters. The van der Waals surface area contributed by atoms with Gasteiger partial charge in [-0.25, -0.2) is 0 Å². The number of para-hydroxylation sites is 2. The summed E-state index contributed by atoms with van der Waals surface area (Å²) in [6, 6.07) is 18.3. The lowest BCUT2D eigenvalue weighted by Gasteiger charge is -1.88. The normalized spacial score (nSPS) is 12.2. The lowest BCUT2D eigenvalue weighted by atomic mass is 10.2. The largest absolute Gasteiger partial charge is 0.361 e. The minimum Gasteiger partial charge on any atom is -0.361 e. The van der Waals surface area contributed by atoms with Gasteiger partial charge < -0.3 is 9.97 Å². The van der Waals surface area contributed by atoms with E-state index in [2.05, 4.69) is 38.4 Å². The van der Waals surface area contributed by atoms with Crippen LogP contribution in [0.2, 0.25) is 0 Å². The first-order valence-corrected chi connectivity index (χ1v) is 7.10. The molecule has 0 amide bonds. The molecule has 0 saturated heterocycles. The molecule has 0 aliphatic heterocycles. The van der Waals surface area contributed by atoms with Crippen LogP contribution in [0.5, 0.6) is 0 Å². The summed E-state index contributed by atoms with van der Waals surface area (Å²) >= 11 is 0. The first-order valence-electron chi connectivity index (χ1n) is 7.10. The van der Waals surface area contributed by atoms with Crippen LogP contribution in [0, 0.1) is 0 Å². The Labute approximate surface area is 127 Å². The Morgan fingerprint density at radius 1 is 0.818 bits per heavy atom. The lowest BCUT2D eigenvalue weighted by Crippen LogP contribution is -1.79. The Balaban J connectivity index is 1.56. The van der Waals surface area contributed by atoms with Gasteiger partial charge in [0.05, 0.1) is 18.1 Å². The number of hydrogen-bond donors (Lipinski definition) is 2. The Morgan fingerprint density at radius 2 is 1.59 bits per heavy atom. The molecule has 2 aromatic carbocycles. The molecule has 0 radical (unpaired) electrons. The van der Waals surface area contributed by atoms with Crippen LogP contribution < -0.4 is 0 Å². The second-order valence-corrected chi connectivity index (χ2v) is 5.09. The number of aromatic amines is 2. The highest BCUT2D eigenvalue weighted by Crippen LogP contribution is 2.16. The number of fused-ring (bicyclic) bond motifs is 2. The zero-order valence-corrected chi connectivity index (χ0v) is 11.8. The molecule has 2 N–H and O–H groups in total. The second-order valence-electron chi connectivity index (χ2n) is 5.09. The average Bonchev–Trinajstić information content (AvgIpc) is 3.15. The van der Waals surface area contributed by atoms with E-state index in [-0.39, 0.29) is 0 Å². The van der Waals surface area contributed by atoms with Crippen LogP contribution in [0.25, 0.3) is 21.8 Å². The van der Waals surface area contributed by atoms with Crippen molar-refractivity contribution in [3.8, 4) is 0 Å². The summed E-state index contributed by atoms with van der Waals surface area (Å²) in [4.78, 5) is 6.50. The van der Waals surface area contributed by atoms with Gasteiger partial charge in [0.15, 0.2) is 0 Å². The predicted octanol–water partition coefficient (Wildman–Crippen LogP) is 4.10. The van der Waals surface area contributed by atoms with Crippen LogP contribution in [0.15, 0.2) is 71.0 Å². The van der Waals surface area contributed by atoms with Gasteiger partial charge in [0.2, 0.25) is 0 Å². The monoisotopic (exact) mass is 286 g/mol. The molecule has 0 aliphatic rings. The van der Waals surface area contributed by atoms with E-state index < -0.39 is 0 Å². The number of hydrogen-bond acceptors (Lipinski definition) is 2. The van der Waals surface area contributed by atoms with Gasteiger partial charge in [-0.1, -0.05) is 36.4 Å². The molecule has 4 nitrogen and oxygen atoms in total. The van der Waals surface area contributed by atoms with Gasteiger partial charge in [-0.2, -0.15) is 10.2 Å². The highest BCUT2D eigenvalue weighted by atomic mass is 15.2. The molecule has 4 rings (SSSR count). The Kier molecular flexibility index (Phi) is 3.05. The first kappa shape index (κ1) is 12.6. The highest BCUT2D eigenvalue weighted by Gasteiger charge is 1.99. The van der Waals surface area contributed by atoms with E-state index in [1.165, 1.54) is 5.39 Å². The van der Waals surface area contributed by atoms with E-state index in [1.54, 1.807) is 12.4 Å². The number of aromatic nitrogens is 2. The third-order valence-electron chi connectivity index (χ3n) is 3.63. The van der Waals surface area contributed by atoms with Crippen molar-refractivity contribution in [2.45, 2.75) is 0 Å². The smallest absolute Gasteiger partial charge is 0.0731 e. The minimum atomic E-state index is 0.942. The molecular formula is C18H14N4. The molecule has 0 spiro atoms. The van der Waals surface area contributed by atoms with Gasteiger partial charge in [0.1, 0.15) is 0 Å². The Morgan fingerprint density at radius 3 is 2.50 bits per heavy atom. The number of nitrogens with one attached hydrogen (secondary N) is 2. The Hall–Kier alpha value is -3.14. The van der Waals surface area contributed by atoms with Crippen LogP contribution in [0.1, 0.15) is 11.3 Å². The van der Waals surface area contributed by atoms with Gasteiger partial charge in [0, 0.05) is 33.6 Å². The van der Waals surface area contributed by atoms with Crippen molar-refractivity contribution in [3.05, 3.63) is 72.1 Å². The average molecular weight is 286 g/mol. The molecule has 0 fully saturated rings. The third-order valence-corrected chi connectivity index (χ3v) is 3.63. The van der Waals surface area contributed by atoms with Crippen molar-refractivity contribution in [1.29, 1.82) is 0 Å². The zero-order valence-electron chi connectivity index (χ0n) is 11.8. The van der Waals surface area contributed by atoms with Crippen LogP contribution in [0.4, 0.5) is 0 Å². The van der Waals surface area contributed by atoms with E-state index in [9.17, 15) is 0 Å². The van der Waals surface area contributed by atoms with Gasteiger partial charge in [0.25, 0.3) is 0 Å². The van der Waals surface area contributed by atoms with E-state index in [1.807, 2.05) is 42.6 Å². The summed E-state index contributed by atoms with van der Waals surface area (Å²) in [5.74, 6) is 0. The van der Waals surface area contributed by atoms with E-state index in [0.717, 1.165) is 27.7 Å². The zero-order chi connectivity index (χ0) is 14.8. The Bertz CT molecular complexity index is 955. The van der Waals surface area contributed by atoms with Crippen molar-refractivity contribution in [2.75, 3.05) is 0 Å². The molecule has 106 valence electrons. The number of rotatable bonds is 3. The van der Waals surface area contributed by atoms with E-state index >= 15 is 0 Å². The SMILES string of the molecule is C(=N/N=C/c1cc2ccccc2[nH]1)/c1c[nH]c2ccccc12. The van der Waals surface area contributed by atoms with Crippen molar-refractivity contribution < 1.29 is 0 Å².